The molecule has 0 aliphatic rings. The highest BCUT2D eigenvalue weighted by atomic mass is 32.2. The summed E-state index contributed by atoms with van der Waals surface area (Å²) in [7, 11) is -3.35. The Morgan fingerprint density at radius 3 is 2.65 bits per heavy atom. The smallest absolute Gasteiger partial charge is 0.179 e. The van der Waals surface area contributed by atoms with Crippen molar-refractivity contribution in [3.8, 4) is 6.07 Å². The quantitative estimate of drug-likeness (QED) is 0.794. The van der Waals surface area contributed by atoms with Crippen molar-refractivity contribution in [2.75, 3.05) is 11.5 Å². The fourth-order valence-corrected chi connectivity index (χ4v) is 4.17. The van der Waals surface area contributed by atoms with Gasteiger partial charge in [0, 0.05) is 23.0 Å². The maximum atomic E-state index is 12.2. The average molecular weight is 304 g/mol. The lowest BCUT2D eigenvalue weighted by Crippen LogP contribution is -2.09. The summed E-state index contributed by atoms with van der Waals surface area (Å²) in [6.45, 7) is 0. The first-order chi connectivity index (χ1) is 9.62. The number of rotatable bonds is 5. The summed E-state index contributed by atoms with van der Waals surface area (Å²) in [5.41, 5.74) is 0.355. The molecule has 0 fully saturated rings. The molecule has 1 aromatic carbocycles. The van der Waals surface area contributed by atoms with E-state index in [1.165, 1.54) is 23.9 Å². The molecule has 0 saturated heterocycles. The number of nitrogens with zero attached hydrogens (tertiary/aromatic N) is 2. The minimum atomic E-state index is -3.35. The molecular weight excluding hydrogens is 292 g/mol. The van der Waals surface area contributed by atoms with E-state index in [-0.39, 0.29) is 10.6 Å². The van der Waals surface area contributed by atoms with Crippen molar-refractivity contribution in [3.05, 3.63) is 54.4 Å². The zero-order chi connectivity index (χ0) is 14.4. The lowest BCUT2D eigenvalue weighted by atomic mass is 10.2. The molecule has 2 rings (SSSR count). The summed E-state index contributed by atoms with van der Waals surface area (Å²) in [5, 5.41) is 8.80. The molecule has 0 unspecified atom stereocenters. The van der Waals surface area contributed by atoms with E-state index in [0.717, 1.165) is 4.90 Å². The van der Waals surface area contributed by atoms with E-state index in [9.17, 15) is 8.42 Å². The van der Waals surface area contributed by atoms with Crippen LogP contribution in [0.3, 0.4) is 0 Å². The first kappa shape index (κ1) is 14.6. The third kappa shape index (κ3) is 3.83. The van der Waals surface area contributed by atoms with Gasteiger partial charge < -0.3 is 0 Å². The zero-order valence-corrected chi connectivity index (χ0v) is 12.2. The molecule has 0 saturated carbocycles. The van der Waals surface area contributed by atoms with Crippen LogP contribution in [-0.4, -0.2) is 24.9 Å². The molecule has 0 radical (unpaired) electrons. The molecule has 1 heterocycles. The van der Waals surface area contributed by atoms with Gasteiger partial charge in [0.05, 0.1) is 22.3 Å². The third-order valence-electron chi connectivity index (χ3n) is 2.59. The molecule has 0 aliphatic heterocycles. The number of thioether (sulfide) groups is 1. The van der Waals surface area contributed by atoms with E-state index in [1.54, 1.807) is 24.5 Å². The van der Waals surface area contributed by atoms with E-state index in [1.807, 2.05) is 18.2 Å². The molecule has 4 nitrogen and oxygen atoms in total. The fourth-order valence-electron chi connectivity index (χ4n) is 1.58. The Morgan fingerprint density at radius 2 is 1.95 bits per heavy atom. The highest BCUT2D eigenvalue weighted by molar-refractivity contribution is 8.00. The number of sulfone groups is 1. The molecule has 2 aromatic rings. The van der Waals surface area contributed by atoms with Gasteiger partial charge in [-0.2, -0.15) is 5.26 Å². The number of benzene rings is 1. The number of hydrogen-bond donors (Lipinski definition) is 0. The van der Waals surface area contributed by atoms with Crippen molar-refractivity contribution in [2.45, 2.75) is 9.79 Å². The largest absolute Gasteiger partial charge is 0.265 e. The highest BCUT2D eigenvalue weighted by Crippen LogP contribution is 2.19. The van der Waals surface area contributed by atoms with Gasteiger partial charge in [-0.1, -0.05) is 6.07 Å². The molecule has 0 bridgehead atoms. The molecule has 0 amide bonds. The lowest BCUT2D eigenvalue weighted by Gasteiger charge is -2.05. The van der Waals surface area contributed by atoms with Crippen molar-refractivity contribution in [2.24, 2.45) is 0 Å². The highest BCUT2D eigenvalue weighted by Gasteiger charge is 2.14. The number of pyridine rings is 1. The Kier molecular flexibility index (Phi) is 4.77. The number of nitriles is 1. The van der Waals surface area contributed by atoms with Gasteiger partial charge in [0.15, 0.2) is 9.84 Å². The lowest BCUT2D eigenvalue weighted by molar-refractivity contribution is 0.597. The maximum absolute atomic E-state index is 12.2. The third-order valence-corrected chi connectivity index (χ3v) is 5.58. The van der Waals surface area contributed by atoms with Gasteiger partial charge in [-0.05, 0) is 30.3 Å². The van der Waals surface area contributed by atoms with Gasteiger partial charge in [-0.15, -0.1) is 11.8 Å². The molecule has 102 valence electrons. The van der Waals surface area contributed by atoms with E-state index < -0.39 is 9.84 Å². The minimum absolute atomic E-state index is 0.0366. The summed E-state index contributed by atoms with van der Waals surface area (Å²) in [4.78, 5) is 5.09. The van der Waals surface area contributed by atoms with Crippen molar-refractivity contribution >= 4 is 21.6 Å². The second-order valence-electron chi connectivity index (χ2n) is 3.99. The summed E-state index contributed by atoms with van der Waals surface area (Å²) >= 11 is 1.47. The Morgan fingerprint density at radius 1 is 1.20 bits per heavy atom. The molecule has 1 aromatic heterocycles. The van der Waals surface area contributed by atoms with Crippen molar-refractivity contribution in [1.82, 2.24) is 4.98 Å². The molecular formula is C14H12N2O2S2. The van der Waals surface area contributed by atoms with Crippen LogP contribution < -0.4 is 0 Å². The van der Waals surface area contributed by atoms with E-state index in [0.29, 0.717) is 11.3 Å². The SMILES string of the molecule is N#Cc1cccc(S(=O)(=O)CCSc2ccncc2)c1. The molecule has 0 N–H and O–H groups in total. The zero-order valence-electron chi connectivity index (χ0n) is 10.6. The van der Waals surface area contributed by atoms with Gasteiger partial charge in [-0.3, -0.25) is 4.98 Å². The minimum Gasteiger partial charge on any atom is -0.265 e. The van der Waals surface area contributed by atoms with E-state index in [2.05, 4.69) is 4.98 Å². The predicted octanol–water partition coefficient (Wildman–Crippen LogP) is 2.52. The summed E-state index contributed by atoms with van der Waals surface area (Å²) in [6, 6.07) is 11.7. The first-order valence-corrected chi connectivity index (χ1v) is 8.51. The average Bonchev–Trinajstić information content (AvgIpc) is 2.48. The van der Waals surface area contributed by atoms with Gasteiger partial charge in [0.2, 0.25) is 0 Å². The van der Waals surface area contributed by atoms with Crippen LogP contribution in [0.2, 0.25) is 0 Å². The van der Waals surface area contributed by atoms with Crippen LogP contribution in [0.25, 0.3) is 0 Å². The van der Waals surface area contributed by atoms with Crippen LogP contribution in [0.5, 0.6) is 0 Å². The van der Waals surface area contributed by atoms with Crippen LogP contribution in [0.4, 0.5) is 0 Å². The molecule has 0 atom stereocenters. The summed E-state index contributed by atoms with van der Waals surface area (Å²) in [5.74, 6) is 0.498. The topological polar surface area (TPSA) is 70.8 Å². The van der Waals surface area contributed by atoms with Crippen LogP contribution in [0, 0.1) is 11.3 Å². The first-order valence-electron chi connectivity index (χ1n) is 5.87. The monoisotopic (exact) mass is 304 g/mol. The Bertz CT molecular complexity index is 722. The van der Waals surface area contributed by atoms with Crippen LogP contribution in [-0.2, 0) is 9.84 Å². The van der Waals surface area contributed by atoms with Crippen LogP contribution in [0.15, 0.2) is 58.6 Å². The van der Waals surface area contributed by atoms with E-state index in [4.69, 9.17) is 5.26 Å². The molecule has 0 spiro atoms. The van der Waals surface area contributed by atoms with Crippen LogP contribution in [0.1, 0.15) is 5.56 Å². The maximum Gasteiger partial charge on any atom is 0.179 e. The van der Waals surface area contributed by atoms with Gasteiger partial charge in [-0.25, -0.2) is 8.42 Å². The second-order valence-corrected chi connectivity index (χ2v) is 7.27. The van der Waals surface area contributed by atoms with Crippen LogP contribution >= 0.6 is 11.8 Å². The normalized spacial score (nSPS) is 10.9. The van der Waals surface area contributed by atoms with E-state index >= 15 is 0 Å². The predicted molar refractivity (Wildman–Crippen MR) is 78.2 cm³/mol. The van der Waals surface area contributed by atoms with Gasteiger partial charge >= 0.3 is 0 Å². The molecule has 20 heavy (non-hydrogen) atoms. The van der Waals surface area contributed by atoms with Crippen molar-refractivity contribution in [3.63, 3.8) is 0 Å². The van der Waals surface area contributed by atoms with Gasteiger partial charge in [0.25, 0.3) is 0 Å². The Labute approximate surface area is 122 Å². The van der Waals surface area contributed by atoms with Crippen molar-refractivity contribution in [1.29, 1.82) is 5.26 Å². The number of aromatic nitrogens is 1. The summed E-state index contributed by atoms with van der Waals surface area (Å²) in [6.07, 6.45) is 3.35. The van der Waals surface area contributed by atoms with Gasteiger partial charge in [0.1, 0.15) is 0 Å². The fraction of sp³-hybridized carbons (Fsp3) is 0.143. The Balaban J connectivity index is 2.02. The molecule has 6 heteroatoms. The Hall–Kier alpha value is -1.84. The standard InChI is InChI=1S/C14H12N2O2S2/c15-11-12-2-1-3-14(10-12)20(17,18)9-8-19-13-4-6-16-7-5-13/h1-7,10H,8-9H2. The van der Waals surface area contributed by atoms with Crippen molar-refractivity contribution < 1.29 is 8.42 Å². The second kappa shape index (κ2) is 6.55. The number of hydrogen-bond acceptors (Lipinski definition) is 5. The molecule has 0 aliphatic carbocycles. The summed E-state index contributed by atoms with van der Waals surface area (Å²) < 4.78 is 24.3.